The number of esters is 2. The lowest BCUT2D eigenvalue weighted by atomic mass is 10.1. The summed E-state index contributed by atoms with van der Waals surface area (Å²) >= 11 is 0. The Bertz CT molecular complexity index is 602. The first-order chi connectivity index (χ1) is 13.8. The van der Waals surface area contributed by atoms with Crippen LogP contribution in [0.2, 0.25) is 0 Å². The number of hydrogen-bond acceptors (Lipinski definition) is 6. The summed E-state index contributed by atoms with van der Waals surface area (Å²) in [7, 11) is 0. The molecule has 1 unspecified atom stereocenters. The molecule has 2 atom stereocenters. The van der Waals surface area contributed by atoms with Gasteiger partial charge in [-0.15, -0.1) is 0 Å². The van der Waals surface area contributed by atoms with E-state index in [-0.39, 0.29) is 12.0 Å². The molecule has 1 heterocycles. The number of unbranched alkanes of at least 4 members (excludes halogenated alkanes) is 5. The van der Waals surface area contributed by atoms with Crippen LogP contribution in [0.1, 0.15) is 71.6 Å². The summed E-state index contributed by atoms with van der Waals surface area (Å²) in [5.74, 6) is -3.08. The number of aliphatic carboxylic acids is 1. The Balaban J connectivity index is 2.32. The summed E-state index contributed by atoms with van der Waals surface area (Å²) < 4.78 is 10.2. The van der Waals surface area contributed by atoms with Crippen molar-refractivity contribution in [2.45, 2.75) is 83.8 Å². The molecule has 29 heavy (non-hydrogen) atoms. The molecule has 0 aromatic rings. The Morgan fingerprint density at radius 3 is 2.45 bits per heavy atom. The van der Waals surface area contributed by atoms with Crippen molar-refractivity contribution in [3.8, 4) is 0 Å². The van der Waals surface area contributed by atoms with Crippen LogP contribution in [0.5, 0.6) is 0 Å². The maximum absolute atomic E-state index is 12.4. The Kier molecular flexibility index (Phi) is 11.0. The van der Waals surface area contributed by atoms with Gasteiger partial charge in [0.15, 0.2) is 6.10 Å². The molecule has 0 aliphatic carbocycles. The standard InChI is InChI=1S/C21H33NO7/c1-4-5-6-7-8-9-13-28-18(23)14-15(2)21(27)29-16(3)19(24)22-12-10-11-17(22)20(25)26/h16-17H,2,4-14H2,1,3H3,(H,25,26)/t16?,17-/m0/s1. The van der Waals surface area contributed by atoms with Crippen molar-refractivity contribution in [3.63, 3.8) is 0 Å². The fraction of sp³-hybridized carbons (Fsp3) is 0.714. The minimum atomic E-state index is -1.15. The molecule has 1 aliphatic heterocycles. The molecule has 0 saturated carbocycles. The molecule has 1 amide bonds. The van der Waals surface area contributed by atoms with E-state index in [1.165, 1.54) is 31.1 Å². The van der Waals surface area contributed by atoms with Crippen molar-refractivity contribution in [2.24, 2.45) is 0 Å². The van der Waals surface area contributed by atoms with Crippen LogP contribution in [-0.4, -0.2) is 59.1 Å². The number of carboxylic acids is 1. The number of carbonyl (C=O) groups excluding carboxylic acids is 3. The quantitative estimate of drug-likeness (QED) is 0.282. The average Bonchev–Trinajstić information content (AvgIpc) is 3.16. The molecule has 1 saturated heterocycles. The van der Waals surface area contributed by atoms with Crippen molar-refractivity contribution in [1.82, 2.24) is 4.90 Å². The summed E-state index contributed by atoms with van der Waals surface area (Å²) in [6.45, 7) is 7.66. The lowest BCUT2D eigenvalue weighted by Gasteiger charge is -2.24. The van der Waals surface area contributed by atoms with Gasteiger partial charge in [-0.2, -0.15) is 0 Å². The van der Waals surface area contributed by atoms with Gasteiger partial charge in [0.05, 0.1) is 13.0 Å². The summed E-state index contributed by atoms with van der Waals surface area (Å²) in [5, 5.41) is 9.16. The van der Waals surface area contributed by atoms with Gasteiger partial charge in [-0.1, -0.05) is 45.6 Å². The summed E-state index contributed by atoms with van der Waals surface area (Å²) in [6.07, 6.45) is 5.93. The normalized spacial score (nSPS) is 16.9. The van der Waals surface area contributed by atoms with E-state index in [9.17, 15) is 19.2 Å². The molecule has 1 rings (SSSR count). The molecule has 0 aromatic heterocycles. The van der Waals surface area contributed by atoms with Crippen molar-refractivity contribution in [1.29, 1.82) is 0 Å². The van der Waals surface area contributed by atoms with E-state index in [0.29, 0.717) is 26.0 Å². The van der Waals surface area contributed by atoms with Crippen LogP contribution >= 0.6 is 0 Å². The fourth-order valence-electron chi connectivity index (χ4n) is 3.18. The highest BCUT2D eigenvalue weighted by atomic mass is 16.6. The van der Waals surface area contributed by atoms with Gasteiger partial charge in [0.1, 0.15) is 6.04 Å². The minimum Gasteiger partial charge on any atom is -0.480 e. The molecule has 1 aliphatic rings. The van der Waals surface area contributed by atoms with Crippen molar-refractivity contribution < 1.29 is 33.8 Å². The van der Waals surface area contributed by atoms with Crippen LogP contribution < -0.4 is 0 Å². The van der Waals surface area contributed by atoms with E-state index < -0.39 is 36.0 Å². The van der Waals surface area contributed by atoms with E-state index >= 15 is 0 Å². The zero-order valence-electron chi connectivity index (χ0n) is 17.5. The first kappa shape index (κ1) is 24.7. The molecule has 1 N–H and O–H groups in total. The molecule has 0 radical (unpaired) electrons. The first-order valence-electron chi connectivity index (χ1n) is 10.4. The number of rotatable bonds is 13. The molecule has 0 aromatic carbocycles. The summed E-state index contributed by atoms with van der Waals surface area (Å²) in [4.78, 5) is 48.7. The topological polar surface area (TPSA) is 110 Å². The van der Waals surface area contributed by atoms with Crippen LogP contribution in [0, 0.1) is 0 Å². The van der Waals surface area contributed by atoms with Gasteiger partial charge in [-0.3, -0.25) is 9.59 Å². The van der Waals surface area contributed by atoms with Gasteiger partial charge in [0.25, 0.3) is 5.91 Å². The van der Waals surface area contributed by atoms with E-state index in [4.69, 9.17) is 14.6 Å². The van der Waals surface area contributed by atoms with Crippen LogP contribution in [-0.2, 0) is 28.7 Å². The number of amides is 1. The molecule has 8 nitrogen and oxygen atoms in total. The van der Waals surface area contributed by atoms with Crippen LogP contribution in [0.3, 0.4) is 0 Å². The first-order valence-corrected chi connectivity index (χ1v) is 10.4. The van der Waals surface area contributed by atoms with Gasteiger partial charge >= 0.3 is 17.9 Å². The predicted octanol–water partition coefficient (Wildman–Crippen LogP) is 2.84. The van der Waals surface area contributed by atoms with Crippen molar-refractivity contribution in [3.05, 3.63) is 12.2 Å². The van der Waals surface area contributed by atoms with Crippen molar-refractivity contribution >= 4 is 23.8 Å². The second-order valence-corrected chi connectivity index (χ2v) is 7.34. The maximum atomic E-state index is 12.4. The highest BCUT2D eigenvalue weighted by Crippen LogP contribution is 2.19. The largest absolute Gasteiger partial charge is 0.480 e. The second kappa shape index (κ2) is 13.0. The molecule has 1 fully saturated rings. The molecule has 0 spiro atoms. The Morgan fingerprint density at radius 2 is 1.79 bits per heavy atom. The third kappa shape index (κ3) is 8.66. The van der Waals surface area contributed by atoms with Crippen molar-refractivity contribution in [2.75, 3.05) is 13.2 Å². The number of likely N-dealkylation sites (tertiary alicyclic amines) is 1. The van der Waals surface area contributed by atoms with E-state index in [1.54, 1.807) is 0 Å². The third-order valence-electron chi connectivity index (χ3n) is 4.86. The van der Waals surface area contributed by atoms with Crippen LogP contribution in [0.25, 0.3) is 0 Å². The Hall–Kier alpha value is -2.38. The Labute approximate surface area is 172 Å². The SMILES string of the molecule is C=C(CC(=O)OCCCCCCCC)C(=O)OC(C)C(=O)N1CCC[C@H]1C(=O)O. The highest BCUT2D eigenvalue weighted by Gasteiger charge is 2.37. The van der Waals surface area contributed by atoms with E-state index in [2.05, 4.69) is 13.5 Å². The van der Waals surface area contributed by atoms with E-state index in [0.717, 1.165) is 19.3 Å². The van der Waals surface area contributed by atoms with Gasteiger partial charge in [-0.25, -0.2) is 9.59 Å². The molecule has 8 heteroatoms. The number of hydrogen-bond donors (Lipinski definition) is 1. The molecular formula is C21H33NO7. The fourth-order valence-corrected chi connectivity index (χ4v) is 3.18. The lowest BCUT2D eigenvalue weighted by molar-refractivity contribution is -0.160. The zero-order chi connectivity index (χ0) is 21.8. The number of carbonyl (C=O) groups is 4. The van der Waals surface area contributed by atoms with Crippen LogP contribution in [0.15, 0.2) is 12.2 Å². The molecule has 164 valence electrons. The highest BCUT2D eigenvalue weighted by molar-refractivity contribution is 5.95. The monoisotopic (exact) mass is 411 g/mol. The summed E-state index contributed by atoms with van der Waals surface area (Å²) in [6, 6.07) is -0.899. The Morgan fingerprint density at radius 1 is 1.14 bits per heavy atom. The van der Waals surface area contributed by atoms with E-state index in [1.807, 2.05) is 0 Å². The zero-order valence-corrected chi connectivity index (χ0v) is 17.5. The van der Waals surface area contributed by atoms with Gasteiger partial charge < -0.3 is 19.5 Å². The maximum Gasteiger partial charge on any atom is 0.334 e. The van der Waals surface area contributed by atoms with Gasteiger partial charge in [-0.05, 0) is 26.2 Å². The van der Waals surface area contributed by atoms with Crippen LogP contribution in [0.4, 0.5) is 0 Å². The minimum absolute atomic E-state index is 0.103. The lowest BCUT2D eigenvalue weighted by Crippen LogP contribution is -2.45. The smallest absolute Gasteiger partial charge is 0.334 e. The summed E-state index contributed by atoms with van der Waals surface area (Å²) in [5.41, 5.74) is -0.103. The number of carboxylic acid groups (broad SMARTS) is 1. The van der Waals surface area contributed by atoms with Gasteiger partial charge in [0, 0.05) is 12.1 Å². The number of ether oxygens (including phenoxy) is 2. The predicted molar refractivity (Wildman–Crippen MR) is 106 cm³/mol. The van der Waals surface area contributed by atoms with Gasteiger partial charge in [0.2, 0.25) is 0 Å². The average molecular weight is 411 g/mol. The number of nitrogens with zero attached hydrogens (tertiary/aromatic N) is 1. The molecule has 0 bridgehead atoms. The molecular weight excluding hydrogens is 378 g/mol. The third-order valence-corrected chi connectivity index (χ3v) is 4.86. The second-order valence-electron chi connectivity index (χ2n) is 7.34.